The molecule has 0 saturated carbocycles. The van der Waals surface area contributed by atoms with Crippen molar-refractivity contribution in [3.63, 3.8) is 0 Å². The number of nitrogens with one attached hydrogen (secondary N) is 1. The van der Waals surface area contributed by atoms with Gasteiger partial charge in [-0.1, -0.05) is 19.1 Å². The van der Waals surface area contributed by atoms with Crippen LogP contribution in [0.25, 0.3) is 0 Å². The zero-order chi connectivity index (χ0) is 19.3. The third-order valence-electron chi connectivity index (χ3n) is 3.85. The predicted molar refractivity (Wildman–Crippen MR) is 95.4 cm³/mol. The van der Waals surface area contributed by atoms with Gasteiger partial charge in [-0.05, 0) is 36.2 Å². The number of hydrogen-bond donors (Lipinski definition) is 1. The lowest BCUT2D eigenvalue weighted by Crippen LogP contribution is -2.38. The average Bonchev–Trinajstić information content (AvgIpc) is 2.59. The molecule has 0 aliphatic rings. The minimum atomic E-state index is -3.75. The summed E-state index contributed by atoms with van der Waals surface area (Å²) in [5, 5.41) is 0. The van der Waals surface area contributed by atoms with Crippen LogP contribution in [0.3, 0.4) is 0 Å². The summed E-state index contributed by atoms with van der Waals surface area (Å²) in [4.78, 5) is 12.9. The largest absolute Gasteiger partial charge is 0.309 e. The third kappa shape index (κ3) is 4.86. The van der Waals surface area contributed by atoms with Crippen LogP contribution in [0.15, 0.2) is 47.4 Å². The van der Waals surface area contributed by atoms with Crippen LogP contribution in [0.2, 0.25) is 0 Å². The molecule has 26 heavy (non-hydrogen) atoms. The molecule has 0 aliphatic carbocycles. The molecule has 2 aromatic carbocycles. The van der Waals surface area contributed by atoms with E-state index in [1.807, 2.05) is 6.92 Å². The Kier molecular flexibility index (Phi) is 6.44. The molecule has 8 heteroatoms. The second kappa shape index (κ2) is 8.37. The highest BCUT2D eigenvalue weighted by Gasteiger charge is 2.18. The van der Waals surface area contributed by atoms with E-state index in [1.54, 1.807) is 12.1 Å². The van der Waals surface area contributed by atoms with Crippen LogP contribution >= 0.6 is 0 Å². The Morgan fingerprint density at radius 1 is 1.12 bits per heavy atom. The molecular formula is C18H20F2N2O3S. The van der Waals surface area contributed by atoms with Crippen LogP contribution in [0.1, 0.15) is 19.4 Å². The standard InChI is InChI=1S/C18H20F2N2O3S/c1-3-14-4-7-16(8-5-14)26(24,25)21-10-11-22(13(2)23)18-9-6-15(19)12-17(18)20/h4-9,12,21H,3,10-11H2,1-2H3. The van der Waals surface area contributed by atoms with E-state index in [-0.39, 0.29) is 23.7 Å². The van der Waals surface area contributed by atoms with E-state index in [4.69, 9.17) is 0 Å². The molecule has 0 bridgehead atoms. The van der Waals surface area contributed by atoms with Gasteiger partial charge in [0, 0.05) is 26.1 Å². The molecule has 0 spiro atoms. The fraction of sp³-hybridized carbons (Fsp3) is 0.278. The molecule has 0 unspecified atom stereocenters. The predicted octanol–water partition coefficient (Wildman–Crippen LogP) is 2.86. The average molecular weight is 382 g/mol. The molecule has 2 rings (SSSR count). The summed E-state index contributed by atoms with van der Waals surface area (Å²) in [6.45, 7) is 2.98. The van der Waals surface area contributed by atoms with Crippen molar-refractivity contribution in [1.82, 2.24) is 4.72 Å². The monoisotopic (exact) mass is 382 g/mol. The molecule has 1 amide bonds. The Balaban J connectivity index is 2.08. The summed E-state index contributed by atoms with van der Waals surface area (Å²) >= 11 is 0. The number of benzene rings is 2. The Morgan fingerprint density at radius 2 is 1.77 bits per heavy atom. The molecule has 0 fully saturated rings. The number of rotatable bonds is 7. The molecule has 0 heterocycles. The van der Waals surface area contributed by atoms with Gasteiger partial charge in [0.1, 0.15) is 11.6 Å². The van der Waals surface area contributed by atoms with Crippen molar-refractivity contribution in [3.8, 4) is 0 Å². The molecule has 0 aliphatic heterocycles. The Labute approximate surface area is 151 Å². The van der Waals surface area contributed by atoms with Crippen molar-refractivity contribution < 1.29 is 22.0 Å². The smallest absolute Gasteiger partial charge is 0.240 e. The maximum Gasteiger partial charge on any atom is 0.240 e. The number of sulfonamides is 1. The minimum Gasteiger partial charge on any atom is -0.309 e. The molecule has 0 radical (unpaired) electrons. The lowest BCUT2D eigenvalue weighted by atomic mass is 10.2. The number of hydrogen-bond acceptors (Lipinski definition) is 3. The summed E-state index contributed by atoms with van der Waals surface area (Å²) in [6, 6.07) is 9.31. The molecule has 0 aromatic heterocycles. The van der Waals surface area contributed by atoms with E-state index in [1.165, 1.54) is 19.1 Å². The lowest BCUT2D eigenvalue weighted by Gasteiger charge is -2.22. The number of carbonyl (C=O) groups is 1. The van der Waals surface area contributed by atoms with Gasteiger partial charge in [-0.25, -0.2) is 21.9 Å². The first kappa shape index (κ1) is 20.0. The first-order valence-corrected chi connectivity index (χ1v) is 9.54. The number of nitrogens with zero attached hydrogens (tertiary/aromatic N) is 1. The summed E-state index contributed by atoms with van der Waals surface area (Å²) in [5.74, 6) is -2.13. The highest BCUT2D eigenvalue weighted by atomic mass is 32.2. The van der Waals surface area contributed by atoms with E-state index in [0.29, 0.717) is 6.07 Å². The molecule has 140 valence electrons. The first-order chi connectivity index (χ1) is 12.2. The second-order valence-corrected chi connectivity index (χ2v) is 7.43. The zero-order valence-electron chi connectivity index (χ0n) is 14.5. The minimum absolute atomic E-state index is 0.0931. The summed E-state index contributed by atoms with van der Waals surface area (Å²) in [6.07, 6.45) is 0.796. The Hall–Kier alpha value is -2.32. The van der Waals surface area contributed by atoms with Gasteiger partial charge >= 0.3 is 0 Å². The number of amides is 1. The maximum atomic E-state index is 13.9. The molecular weight excluding hydrogens is 362 g/mol. The zero-order valence-corrected chi connectivity index (χ0v) is 15.3. The van der Waals surface area contributed by atoms with E-state index in [9.17, 15) is 22.0 Å². The maximum absolute atomic E-state index is 13.9. The van der Waals surface area contributed by atoms with Gasteiger partial charge in [0.05, 0.1) is 10.6 Å². The second-order valence-electron chi connectivity index (χ2n) is 5.66. The van der Waals surface area contributed by atoms with Crippen LogP contribution in [-0.2, 0) is 21.2 Å². The number of carbonyl (C=O) groups excluding carboxylic acids is 1. The van der Waals surface area contributed by atoms with Gasteiger partial charge in [0.25, 0.3) is 0 Å². The van der Waals surface area contributed by atoms with Crippen LogP contribution in [0.4, 0.5) is 14.5 Å². The van der Waals surface area contributed by atoms with Gasteiger partial charge < -0.3 is 4.90 Å². The number of aryl methyl sites for hydroxylation is 1. The number of anilines is 1. The van der Waals surface area contributed by atoms with Gasteiger partial charge in [0.2, 0.25) is 15.9 Å². The van der Waals surface area contributed by atoms with Gasteiger partial charge in [0.15, 0.2) is 0 Å². The van der Waals surface area contributed by atoms with Crippen molar-refractivity contribution in [2.75, 3.05) is 18.0 Å². The van der Waals surface area contributed by atoms with Crippen molar-refractivity contribution in [1.29, 1.82) is 0 Å². The van der Waals surface area contributed by atoms with Crippen molar-refractivity contribution in [3.05, 3.63) is 59.7 Å². The topological polar surface area (TPSA) is 66.5 Å². The number of halogens is 2. The van der Waals surface area contributed by atoms with E-state index < -0.39 is 27.6 Å². The molecule has 0 atom stereocenters. The van der Waals surface area contributed by atoms with Gasteiger partial charge in [-0.2, -0.15) is 0 Å². The Bertz CT molecular complexity index is 884. The fourth-order valence-electron chi connectivity index (χ4n) is 2.43. The van der Waals surface area contributed by atoms with Crippen LogP contribution in [-0.4, -0.2) is 27.4 Å². The van der Waals surface area contributed by atoms with Crippen molar-refractivity contribution >= 4 is 21.6 Å². The van der Waals surface area contributed by atoms with Crippen LogP contribution < -0.4 is 9.62 Å². The summed E-state index contributed by atoms with van der Waals surface area (Å²) in [7, 11) is -3.75. The summed E-state index contributed by atoms with van der Waals surface area (Å²) in [5.41, 5.74) is 0.906. The molecule has 2 aromatic rings. The SMILES string of the molecule is CCc1ccc(S(=O)(=O)NCCN(C(C)=O)c2ccc(F)cc2F)cc1. The molecule has 5 nitrogen and oxygen atoms in total. The van der Waals surface area contributed by atoms with Crippen molar-refractivity contribution in [2.24, 2.45) is 0 Å². The highest BCUT2D eigenvalue weighted by molar-refractivity contribution is 7.89. The van der Waals surface area contributed by atoms with Gasteiger partial charge in [-0.15, -0.1) is 0 Å². The molecule has 0 saturated heterocycles. The van der Waals surface area contributed by atoms with Crippen LogP contribution in [0, 0.1) is 11.6 Å². The quantitative estimate of drug-likeness (QED) is 0.801. The fourth-order valence-corrected chi connectivity index (χ4v) is 3.45. The van der Waals surface area contributed by atoms with Crippen molar-refractivity contribution in [2.45, 2.75) is 25.2 Å². The van der Waals surface area contributed by atoms with E-state index in [2.05, 4.69) is 4.72 Å². The third-order valence-corrected chi connectivity index (χ3v) is 5.33. The van der Waals surface area contributed by atoms with E-state index in [0.717, 1.165) is 29.0 Å². The van der Waals surface area contributed by atoms with E-state index >= 15 is 0 Å². The highest BCUT2D eigenvalue weighted by Crippen LogP contribution is 2.20. The molecule has 1 N–H and O–H groups in total. The van der Waals surface area contributed by atoms with Crippen LogP contribution in [0.5, 0.6) is 0 Å². The lowest BCUT2D eigenvalue weighted by molar-refractivity contribution is -0.116. The first-order valence-electron chi connectivity index (χ1n) is 8.06. The Morgan fingerprint density at radius 3 is 2.31 bits per heavy atom. The summed E-state index contributed by atoms with van der Waals surface area (Å²) < 4.78 is 53.9. The normalized spacial score (nSPS) is 11.4. The van der Waals surface area contributed by atoms with Gasteiger partial charge in [-0.3, -0.25) is 4.79 Å².